The van der Waals surface area contributed by atoms with Gasteiger partial charge in [0.05, 0.1) is 11.6 Å². The summed E-state index contributed by atoms with van der Waals surface area (Å²) in [6, 6.07) is 21.7. The molecule has 26 heavy (non-hydrogen) atoms. The SMILES string of the molecule is Cc1cc(NCCCc2ccccc2)nc(Nc2ccc(C#N)cc2)n1. The maximum absolute atomic E-state index is 8.86. The fourth-order valence-electron chi connectivity index (χ4n) is 2.63. The van der Waals surface area contributed by atoms with E-state index in [1.54, 1.807) is 12.1 Å². The Morgan fingerprint density at radius 1 is 1.00 bits per heavy atom. The molecule has 0 atom stereocenters. The Kier molecular flexibility index (Phi) is 5.79. The van der Waals surface area contributed by atoms with Crippen LogP contribution in [0.15, 0.2) is 60.7 Å². The molecule has 0 fully saturated rings. The van der Waals surface area contributed by atoms with Crippen molar-refractivity contribution in [3.8, 4) is 6.07 Å². The fraction of sp³-hybridized carbons (Fsp3) is 0.190. The molecule has 1 aromatic heterocycles. The van der Waals surface area contributed by atoms with Crippen molar-refractivity contribution in [2.24, 2.45) is 0 Å². The highest BCUT2D eigenvalue weighted by atomic mass is 15.1. The fourth-order valence-corrected chi connectivity index (χ4v) is 2.63. The summed E-state index contributed by atoms with van der Waals surface area (Å²) in [5.74, 6) is 1.35. The number of aromatic nitrogens is 2. The second kappa shape index (κ2) is 8.63. The average Bonchev–Trinajstić information content (AvgIpc) is 2.66. The Hall–Kier alpha value is -3.39. The number of anilines is 3. The maximum atomic E-state index is 8.86. The van der Waals surface area contributed by atoms with Gasteiger partial charge in [0.15, 0.2) is 0 Å². The summed E-state index contributed by atoms with van der Waals surface area (Å²) >= 11 is 0. The van der Waals surface area contributed by atoms with Gasteiger partial charge in [-0.3, -0.25) is 0 Å². The first-order valence-corrected chi connectivity index (χ1v) is 8.63. The van der Waals surface area contributed by atoms with Crippen LogP contribution >= 0.6 is 0 Å². The van der Waals surface area contributed by atoms with E-state index in [1.807, 2.05) is 31.2 Å². The number of nitrogens with zero attached hydrogens (tertiary/aromatic N) is 3. The predicted octanol–water partition coefficient (Wildman–Crippen LogP) is 4.45. The molecule has 0 unspecified atom stereocenters. The molecule has 0 aliphatic carbocycles. The summed E-state index contributed by atoms with van der Waals surface area (Å²) in [6.45, 7) is 2.79. The van der Waals surface area contributed by atoms with Crippen molar-refractivity contribution in [3.05, 3.63) is 77.5 Å². The summed E-state index contributed by atoms with van der Waals surface area (Å²) in [5.41, 5.74) is 3.71. The van der Waals surface area contributed by atoms with Crippen molar-refractivity contribution >= 4 is 17.5 Å². The smallest absolute Gasteiger partial charge is 0.229 e. The number of rotatable bonds is 7. The van der Waals surface area contributed by atoms with Crippen LogP contribution in [0.1, 0.15) is 23.2 Å². The standard InChI is InChI=1S/C21H21N5/c1-16-14-20(23-13-5-8-17-6-3-2-4-7-17)26-21(24-16)25-19-11-9-18(15-22)10-12-19/h2-4,6-7,9-12,14H,5,8,13H2,1H3,(H2,23,24,25,26). The highest BCUT2D eigenvalue weighted by Gasteiger charge is 2.03. The van der Waals surface area contributed by atoms with Crippen LogP contribution in [0.2, 0.25) is 0 Å². The molecule has 0 radical (unpaired) electrons. The monoisotopic (exact) mass is 343 g/mol. The topological polar surface area (TPSA) is 73.6 Å². The van der Waals surface area contributed by atoms with Crippen molar-refractivity contribution in [2.45, 2.75) is 19.8 Å². The molecule has 0 aliphatic heterocycles. The van der Waals surface area contributed by atoms with Crippen LogP contribution in [0.3, 0.4) is 0 Å². The molecule has 5 heteroatoms. The third-order valence-electron chi connectivity index (χ3n) is 3.92. The van der Waals surface area contributed by atoms with Crippen LogP contribution in [0, 0.1) is 18.3 Å². The quantitative estimate of drug-likeness (QED) is 0.620. The Labute approximate surface area is 153 Å². The maximum Gasteiger partial charge on any atom is 0.229 e. The van der Waals surface area contributed by atoms with Crippen LogP contribution in [0.25, 0.3) is 0 Å². The van der Waals surface area contributed by atoms with Crippen LogP contribution < -0.4 is 10.6 Å². The van der Waals surface area contributed by atoms with Gasteiger partial charge in [0.25, 0.3) is 0 Å². The van der Waals surface area contributed by atoms with Crippen molar-refractivity contribution in [2.75, 3.05) is 17.2 Å². The van der Waals surface area contributed by atoms with E-state index < -0.39 is 0 Å². The van der Waals surface area contributed by atoms with E-state index in [-0.39, 0.29) is 0 Å². The lowest BCUT2D eigenvalue weighted by molar-refractivity contribution is 0.857. The molecule has 0 saturated heterocycles. The number of hydrogen-bond acceptors (Lipinski definition) is 5. The number of nitriles is 1. The Morgan fingerprint density at radius 2 is 1.77 bits per heavy atom. The van der Waals surface area contributed by atoms with Gasteiger partial charge in [-0.25, -0.2) is 4.98 Å². The molecule has 0 spiro atoms. The summed E-state index contributed by atoms with van der Waals surface area (Å²) in [7, 11) is 0. The number of aryl methyl sites for hydroxylation is 2. The van der Waals surface area contributed by atoms with E-state index in [0.29, 0.717) is 11.5 Å². The Balaban J connectivity index is 1.57. The van der Waals surface area contributed by atoms with Gasteiger partial charge in [0.1, 0.15) is 5.82 Å². The lowest BCUT2D eigenvalue weighted by atomic mass is 10.1. The highest BCUT2D eigenvalue weighted by Crippen LogP contribution is 2.16. The predicted molar refractivity (Wildman–Crippen MR) is 104 cm³/mol. The van der Waals surface area contributed by atoms with Gasteiger partial charge in [0, 0.05) is 24.0 Å². The molecule has 0 aliphatic rings. The zero-order chi connectivity index (χ0) is 18.2. The second-order valence-electron chi connectivity index (χ2n) is 6.05. The van der Waals surface area contributed by atoms with E-state index in [4.69, 9.17) is 5.26 Å². The zero-order valence-corrected chi connectivity index (χ0v) is 14.7. The third-order valence-corrected chi connectivity index (χ3v) is 3.92. The number of nitrogens with one attached hydrogen (secondary N) is 2. The Morgan fingerprint density at radius 3 is 2.50 bits per heavy atom. The third kappa shape index (κ3) is 5.05. The molecule has 5 nitrogen and oxygen atoms in total. The molecule has 0 bridgehead atoms. The average molecular weight is 343 g/mol. The van der Waals surface area contributed by atoms with Crippen molar-refractivity contribution in [3.63, 3.8) is 0 Å². The summed E-state index contributed by atoms with van der Waals surface area (Å²) < 4.78 is 0. The first-order chi connectivity index (χ1) is 12.7. The molecule has 3 rings (SSSR count). The van der Waals surface area contributed by atoms with Gasteiger partial charge < -0.3 is 10.6 Å². The number of benzene rings is 2. The minimum absolute atomic E-state index is 0.542. The number of hydrogen-bond donors (Lipinski definition) is 2. The minimum atomic E-state index is 0.542. The van der Waals surface area contributed by atoms with Crippen LogP contribution in [-0.2, 0) is 6.42 Å². The molecule has 2 N–H and O–H groups in total. The molecular formula is C21H21N5. The molecule has 3 aromatic rings. The van der Waals surface area contributed by atoms with E-state index in [1.165, 1.54) is 5.56 Å². The molecule has 2 aromatic carbocycles. The summed E-state index contributed by atoms with van der Waals surface area (Å²) in [5, 5.41) is 15.4. The van der Waals surface area contributed by atoms with Gasteiger partial charge in [-0.05, 0) is 49.6 Å². The largest absolute Gasteiger partial charge is 0.370 e. The van der Waals surface area contributed by atoms with Gasteiger partial charge in [-0.2, -0.15) is 10.2 Å². The molecule has 130 valence electrons. The van der Waals surface area contributed by atoms with Gasteiger partial charge in [-0.15, -0.1) is 0 Å². The van der Waals surface area contributed by atoms with Crippen molar-refractivity contribution in [1.29, 1.82) is 5.26 Å². The van der Waals surface area contributed by atoms with Crippen LogP contribution in [0.4, 0.5) is 17.5 Å². The van der Waals surface area contributed by atoms with Crippen molar-refractivity contribution in [1.82, 2.24) is 9.97 Å². The van der Waals surface area contributed by atoms with Crippen molar-refractivity contribution < 1.29 is 0 Å². The zero-order valence-electron chi connectivity index (χ0n) is 14.7. The highest BCUT2D eigenvalue weighted by molar-refractivity contribution is 5.56. The first-order valence-electron chi connectivity index (χ1n) is 8.63. The van der Waals surface area contributed by atoms with Crippen LogP contribution in [-0.4, -0.2) is 16.5 Å². The first kappa shape index (κ1) is 17.4. The summed E-state index contributed by atoms with van der Waals surface area (Å²) in [4.78, 5) is 8.94. The second-order valence-corrected chi connectivity index (χ2v) is 6.05. The van der Waals surface area contributed by atoms with E-state index in [2.05, 4.69) is 50.9 Å². The van der Waals surface area contributed by atoms with E-state index in [0.717, 1.165) is 36.6 Å². The molecule has 1 heterocycles. The van der Waals surface area contributed by atoms with E-state index in [9.17, 15) is 0 Å². The van der Waals surface area contributed by atoms with Gasteiger partial charge in [-0.1, -0.05) is 30.3 Å². The molecular weight excluding hydrogens is 322 g/mol. The summed E-state index contributed by atoms with van der Waals surface area (Å²) in [6.07, 6.45) is 2.07. The van der Waals surface area contributed by atoms with Crippen LogP contribution in [0.5, 0.6) is 0 Å². The van der Waals surface area contributed by atoms with Gasteiger partial charge in [0.2, 0.25) is 5.95 Å². The molecule has 0 amide bonds. The van der Waals surface area contributed by atoms with E-state index >= 15 is 0 Å². The lowest BCUT2D eigenvalue weighted by Crippen LogP contribution is -2.07. The normalized spacial score (nSPS) is 10.2. The lowest BCUT2D eigenvalue weighted by Gasteiger charge is -2.10. The van der Waals surface area contributed by atoms with Gasteiger partial charge >= 0.3 is 0 Å². The minimum Gasteiger partial charge on any atom is -0.370 e. The molecule has 0 saturated carbocycles. The Bertz CT molecular complexity index is 883.